The zero-order valence-corrected chi connectivity index (χ0v) is 16.3. The van der Waals surface area contributed by atoms with Crippen molar-refractivity contribution in [2.24, 2.45) is 5.41 Å². The van der Waals surface area contributed by atoms with Crippen LogP contribution < -0.4 is 4.90 Å². The van der Waals surface area contributed by atoms with Crippen molar-refractivity contribution in [3.63, 3.8) is 0 Å². The van der Waals surface area contributed by atoms with Crippen LogP contribution in [-0.2, 0) is 4.79 Å². The largest absolute Gasteiger partial charge is 0.339 e. The van der Waals surface area contributed by atoms with Crippen LogP contribution >= 0.6 is 0 Å². The Morgan fingerprint density at radius 1 is 0.964 bits per heavy atom. The highest BCUT2D eigenvalue weighted by molar-refractivity contribution is 5.85. The molecule has 3 heterocycles. The van der Waals surface area contributed by atoms with E-state index < -0.39 is 0 Å². The topological polar surface area (TPSA) is 67.2 Å². The second-order valence-corrected chi connectivity index (χ2v) is 8.57. The number of para-hydroxylation sites is 1. The molecule has 28 heavy (non-hydrogen) atoms. The van der Waals surface area contributed by atoms with Crippen molar-refractivity contribution in [2.75, 3.05) is 24.5 Å². The third-order valence-electron chi connectivity index (χ3n) is 6.87. The molecular weight excluding hydrogens is 352 g/mol. The molecule has 2 aromatic rings. The molecule has 148 valence electrons. The highest BCUT2D eigenvalue weighted by Gasteiger charge is 2.50. The van der Waals surface area contributed by atoms with E-state index in [1.54, 1.807) is 4.68 Å². The number of amides is 1. The van der Waals surface area contributed by atoms with Crippen molar-refractivity contribution in [1.82, 2.24) is 25.1 Å². The van der Waals surface area contributed by atoms with Gasteiger partial charge in [0.1, 0.15) is 0 Å². The van der Waals surface area contributed by atoms with E-state index in [1.807, 2.05) is 30.3 Å². The zero-order valence-electron chi connectivity index (χ0n) is 16.3. The first-order valence-corrected chi connectivity index (χ1v) is 10.7. The Bertz CT molecular complexity index is 830. The van der Waals surface area contributed by atoms with Gasteiger partial charge < -0.3 is 9.80 Å². The lowest BCUT2D eigenvalue weighted by molar-refractivity contribution is -0.148. The number of nitrogens with zero attached hydrogens (tertiary/aromatic N) is 6. The van der Waals surface area contributed by atoms with E-state index in [2.05, 4.69) is 25.3 Å². The number of anilines is 1. The van der Waals surface area contributed by atoms with Crippen molar-refractivity contribution in [1.29, 1.82) is 0 Å². The quantitative estimate of drug-likeness (QED) is 0.819. The average molecular weight is 380 g/mol. The molecule has 7 nitrogen and oxygen atoms in total. The van der Waals surface area contributed by atoms with E-state index in [0.29, 0.717) is 11.9 Å². The monoisotopic (exact) mass is 380 g/mol. The van der Waals surface area contributed by atoms with Gasteiger partial charge in [0.2, 0.25) is 11.9 Å². The smallest absolute Gasteiger partial charge is 0.250 e. The number of piperidine rings is 1. The number of benzene rings is 1. The second kappa shape index (κ2) is 7.18. The van der Waals surface area contributed by atoms with Crippen LogP contribution in [0.1, 0.15) is 51.4 Å². The predicted octanol–water partition coefficient (Wildman–Crippen LogP) is 2.81. The Morgan fingerprint density at radius 2 is 1.79 bits per heavy atom. The SMILES string of the molecule is O=C1N(C2CCCCC2)CCC[C@]12CCN(c1nnnn1-c1ccccc1)C2. The lowest BCUT2D eigenvalue weighted by atomic mass is 9.77. The first-order valence-electron chi connectivity index (χ1n) is 10.7. The summed E-state index contributed by atoms with van der Waals surface area (Å²) >= 11 is 0. The lowest BCUT2D eigenvalue weighted by Crippen LogP contribution is -2.54. The van der Waals surface area contributed by atoms with Gasteiger partial charge in [-0.25, -0.2) is 0 Å². The van der Waals surface area contributed by atoms with Crippen molar-refractivity contribution >= 4 is 11.9 Å². The van der Waals surface area contributed by atoms with Gasteiger partial charge in [0.15, 0.2) is 0 Å². The second-order valence-electron chi connectivity index (χ2n) is 8.57. The fraction of sp³-hybridized carbons (Fsp3) is 0.619. The predicted molar refractivity (Wildman–Crippen MR) is 106 cm³/mol. The van der Waals surface area contributed by atoms with E-state index in [-0.39, 0.29) is 5.41 Å². The number of hydrogen-bond donors (Lipinski definition) is 0. The van der Waals surface area contributed by atoms with Crippen molar-refractivity contribution in [3.05, 3.63) is 30.3 Å². The normalized spacial score (nSPS) is 26.4. The van der Waals surface area contributed by atoms with Crippen LogP contribution in [0.5, 0.6) is 0 Å². The molecule has 2 saturated heterocycles. The van der Waals surface area contributed by atoms with Crippen LogP contribution in [0, 0.1) is 5.41 Å². The highest BCUT2D eigenvalue weighted by Crippen LogP contribution is 2.43. The van der Waals surface area contributed by atoms with Gasteiger partial charge in [-0.15, -0.1) is 0 Å². The van der Waals surface area contributed by atoms with Gasteiger partial charge in [0.25, 0.3) is 0 Å². The molecular formula is C21H28N6O. The van der Waals surface area contributed by atoms with Gasteiger partial charge in [-0.3, -0.25) is 4.79 Å². The van der Waals surface area contributed by atoms with Crippen LogP contribution in [0.2, 0.25) is 0 Å². The summed E-state index contributed by atoms with van der Waals surface area (Å²) in [7, 11) is 0. The minimum Gasteiger partial charge on any atom is -0.339 e. The minimum atomic E-state index is -0.261. The Kier molecular flexibility index (Phi) is 4.53. The summed E-state index contributed by atoms with van der Waals surface area (Å²) in [5, 5.41) is 12.4. The fourth-order valence-corrected chi connectivity index (χ4v) is 5.38. The number of carbonyl (C=O) groups excluding carboxylic acids is 1. The lowest BCUT2D eigenvalue weighted by Gasteiger charge is -2.44. The molecule has 1 aromatic heterocycles. The Balaban J connectivity index is 1.37. The van der Waals surface area contributed by atoms with E-state index >= 15 is 0 Å². The maximum absolute atomic E-state index is 13.6. The minimum absolute atomic E-state index is 0.261. The van der Waals surface area contributed by atoms with Gasteiger partial charge in [0, 0.05) is 25.7 Å². The van der Waals surface area contributed by atoms with E-state index in [1.165, 1.54) is 32.1 Å². The van der Waals surface area contributed by atoms with Gasteiger partial charge >= 0.3 is 0 Å². The first kappa shape index (κ1) is 17.6. The third-order valence-corrected chi connectivity index (χ3v) is 6.87. The molecule has 1 spiro atoms. The molecule has 1 aromatic carbocycles. The van der Waals surface area contributed by atoms with Gasteiger partial charge in [-0.2, -0.15) is 4.68 Å². The van der Waals surface area contributed by atoms with Crippen molar-refractivity contribution in [3.8, 4) is 5.69 Å². The van der Waals surface area contributed by atoms with Gasteiger partial charge in [-0.1, -0.05) is 42.6 Å². The molecule has 1 atom stereocenters. The van der Waals surface area contributed by atoms with Crippen LogP contribution in [0.25, 0.3) is 5.69 Å². The zero-order chi connectivity index (χ0) is 19.0. The number of hydrogen-bond acceptors (Lipinski definition) is 5. The molecule has 2 aliphatic heterocycles. The molecule has 0 unspecified atom stereocenters. The highest BCUT2D eigenvalue weighted by atomic mass is 16.2. The van der Waals surface area contributed by atoms with E-state index in [0.717, 1.165) is 50.5 Å². The number of carbonyl (C=O) groups is 1. The number of tetrazole rings is 1. The van der Waals surface area contributed by atoms with Crippen LogP contribution in [0.15, 0.2) is 30.3 Å². The number of rotatable bonds is 3. The number of likely N-dealkylation sites (tertiary alicyclic amines) is 1. The standard InChI is InChI=1S/C21H28N6O/c28-19-21(12-7-14-26(19)17-8-3-1-4-9-17)13-15-25(16-21)20-22-23-24-27(20)18-10-5-2-6-11-18/h2,5-6,10-11,17H,1,3-4,7-9,12-16H2/t21-/m1/s1. The van der Waals surface area contributed by atoms with E-state index in [9.17, 15) is 4.79 Å². The van der Waals surface area contributed by atoms with Crippen LogP contribution in [-0.4, -0.2) is 56.7 Å². The molecule has 3 fully saturated rings. The van der Waals surface area contributed by atoms with E-state index in [4.69, 9.17) is 0 Å². The Morgan fingerprint density at radius 3 is 2.61 bits per heavy atom. The van der Waals surface area contributed by atoms with Crippen LogP contribution in [0.3, 0.4) is 0 Å². The molecule has 1 amide bonds. The Labute approximate surface area is 165 Å². The molecule has 1 aliphatic carbocycles. The summed E-state index contributed by atoms with van der Waals surface area (Å²) in [6.45, 7) is 2.49. The summed E-state index contributed by atoms with van der Waals surface area (Å²) in [5.41, 5.74) is 0.686. The third kappa shape index (κ3) is 2.97. The molecule has 0 radical (unpaired) electrons. The van der Waals surface area contributed by atoms with Gasteiger partial charge in [-0.05, 0) is 54.7 Å². The van der Waals surface area contributed by atoms with Crippen LogP contribution in [0.4, 0.5) is 5.95 Å². The van der Waals surface area contributed by atoms with Gasteiger partial charge in [0.05, 0.1) is 11.1 Å². The van der Waals surface area contributed by atoms with Crippen molar-refractivity contribution in [2.45, 2.75) is 57.4 Å². The molecule has 3 aliphatic rings. The summed E-state index contributed by atoms with van der Waals surface area (Å²) in [4.78, 5) is 18.0. The summed E-state index contributed by atoms with van der Waals surface area (Å²) < 4.78 is 1.78. The maximum Gasteiger partial charge on any atom is 0.250 e. The fourth-order valence-electron chi connectivity index (χ4n) is 5.38. The Hall–Kier alpha value is -2.44. The average Bonchev–Trinajstić information content (AvgIpc) is 3.39. The molecule has 7 heteroatoms. The molecule has 5 rings (SSSR count). The molecule has 0 bridgehead atoms. The summed E-state index contributed by atoms with van der Waals surface area (Å²) in [6, 6.07) is 10.4. The molecule has 0 N–H and O–H groups in total. The van der Waals surface area contributed by atoms with Crippen molar-refractivity contribution < 1.29 is 4.79 Å². The molecule has 1 saturated carbocycles. The first-order chi connectivity index (χ1) is 13.8. The number of aromatic nitrogens is 4. The summed E-state index contributed by atoms with van der Waals surface area (Å²) in [6.07, 6.45) is 9.20. The maximum atomic E-state index is 13.6. The summed E-state index contributed by atoms with van der Waals surface area (Å²) in [5.74, 6) is 1.12.